The molecule has 1 fully saturated rings. The molecule has 15 heteroatoms. The highest BCUT2D eigenvalue weighted by atomic mass is 32.2. The van der Waals surface area contributed by atoms with Gasteiger partial charge in [0.25, 0.3) is 11.8 Å². The van der Waals surface area contributed by atoms with Crippen LogP contribution < -0.4 is 25.6 Å². The Kier molecular flexibility index (Phi) is 8.46. The topological polar surface area (TPSA) is 170 Å². The molecule has 2 aromatic heterocycles. The number of aromatic nitrogens is 3. The number of rotatable bonds is 11. The smallest absolute Gasteiger partial charge is 0.278 e. The summed E-state index contributed by atoms with van der Waals surface area (Å²) in [5.74, 6) is -2.42. The molecule has 1 saturated heterocycles. The molecule has 0 spiro atoms. The number of nitrogens with one attached hydrogen (secondary N) is 1. The number of oxime groups is 1. The minimum absolute atomic E-state index is 0.0278. The quantitative estimate of drug-likeness (QED) is 0.152. The third-order valence-corrected chi connectivity index (χ3v) is 7.91. The highest BCUT2D eigenvalue weighted by molar-refractivity contribution is 8.00. The maximum Gasteiger partial charge on any atom is 0.278 e. The van der Waals surface area contributed by atoms with E-state index in [4.69, 9.17) is 10.6 Å². The molecule has 2 aliphatic rings. The molecule has 2 aromatic rings. The van der Waals surface area contributed by atoms with Crippen molar-refractivity contribution in [2.45, 2.75) is 38.7 Å². The van der Waals surface area contributed by atoms with Crippen molar-refractivity contribution in [3.63, 3.8) is 0 Å². The molecule has 0 bridgehead atoms. The van der Waals surface area contributed by atoms with Crippen molar-refractivity contribution in [2.24, 2.45) is 5.16 Å². The molecule has 202 valence electrons. The van der Waals surface area contributed by atoms with E-state index in [-0.39, 0.29) is 35.5 Å². The Balaban J connectivity index is 1.53. The third kappa shape index (κ3) is 5.43. The molecule has 4 heterocycles. The summed E-state index contributed by atoms with van der Waals surface area (Å²) in [5.41, 5.74) is 6.79. The molecule has 2 atom stereocenters. The molecule has 0 saturated carbocycles. The van der Waals surface area contributed by atoms with Crippen LogP contribution in [0.25, 0.3) is 0 Å². The average Bonchev–Trinajstić information content (AvgIpc) is 3.33. The predicted octanol–water partition coefficient (Wildman–Crippen LogP) is -0.901. The maximum atomic E-state index is 13.1. The van der Waals surface area contributed by atoms with Crippen molar-refractivity contribution in [3.8, 4) is 0 Å². The number of pyridine rings is 1. The zero-order valence-electron chi connectivity index (χ0n) is 21.1. The Hall–Kier alpha value is -3.72. The standard InChI is InChI=1S/C23H28N8O5S2/c1-4-30(5-2)14-8-7-9-29(11-14)10-13-12-37-21-16(20(33)31(21)17(13)22(34)35)25-19(32)15(27-36-6-3)18-26-23(24)38-28-18/h7-9,11,16,21H,4-6,10,12H2,1-3H3,(H3-,24,25,26,28,32,34,35)/t16?,21-/m1/s1. The lowest BCUT2D eigenvalue weighted by molar-refractivity contribution is -0.688. The van der Waals surface area contributed by atoms with Crippen molar-refractivity contribution in [1.29, 1.82) is 0 Å². The molecule has 4 rings (SSSR count). The number of carboxylic acids is 1. The predicted molar refractivity (Wildman–Crippen MR) is 140 cm³/mol. The first-order valence-electron chi connectivity index (χ1n) is 12.0. The SMILES string of the molecule is CCON=C(C(=O)NC1C(=O)N2C(C(=O)[O-])=C(C[n+]3cccc(N(CC)CC)c3)CS[C@H]12)c1nsc(N)n1. The average molecular weight is 561 g/mol. The molecule has 0 aliphatic carbocycles. The molecular formula is C23H28N8O5S2. The summed E-state index contributed by atoms with van der Waals surface area (Å²) < 4.78 is 5.88. The van der Waals surface area contributed by atoms with Crippen molar-refractivity contribution in [2.75, 3.05) is 36.1 Å². The monoisotopic (exact) mass is 560 g/mol. The number of thioether (sulfide) groups is 1. The summed E-state index contributed by atoms with van der Waals surface area (Å²) in [6.45, 7) is 7.97. The number of amides is 2. The van der Waals surface area contributed by atoms with E-state index in [0.29, 0.717) is 11.3 Å². The lowest BCUT2D eigenvalue weighted by Gasteiger charge is -2.50. The maximum absolute atomic E-state index is 13.1. The van der Waals surface area contributed by atoms with Gasteiger partial charge in [0, 0.05) is 42.0 Å². The van der Waals surface area contributed by atoms with Crippen LogP contribution in [0.1, 0.15) is 26.6 Å². The zero-order chi connectivity index (χ0) is 27.4. The number of aliphatic carboxylic acids is 1. The number of nitrogens with zero attached hydrogens (tertiary/aromatic N) is 6. The molecule has 38 heavy (non-hydrogen) atoms. The van der Waals surface area contributed by atoms with Gasteiger partial charge in [-0.25, -0.2) is 0 Å². The number of nitrogens with two attached hydrogens (primary N) is 1. The second-order valence-electron chi connectivity index (χ2n) is 8.32. The van der Waals surface area contributed by atoms with Gasteiger partial charge in [0.1, 0.15) is 23.7 Å². The Labute approximate surface area is 227 Å². The minimum atomic E-state index is -1.44. The Bertz CT molecular complexity index is 1290. The van der Waals surface area contributed by atoms with Crippen LogP contribution in [0.5, 0.6) is 0 Å². The van der Waals surface area contributed by atoms with Gasteiger partial charge < -0.3 is 30.7 Å². The molecule has 2 aliphatic heterocycles. The van der Waals surface area contributed by atoms with Crippen molar-refractivity contribution in [3.05, 3.63) is 41.6 Å². The third-order valence-electron chi connectivity index (χ3n) is 6.03. The summed E-state index contributed by atoms with van der Waals surface area (Å²) in [6, 6.07) is 2.93. The first kappa shape index (κ1) is 27.3. The van der Waals surface area contributed by atoms with Crippen molar-refractivity contribution < 1.29 is 28.9 Å². The first-order valence-corrected chi connectivity index (χ1v) is 13.8. The summed E-state index contributed by atoms with van der Waals surface area (Å²) in [6.07, 6.45) is 3.80. The van der Waals surface area contributed by atoms with E-state index < -0.39 is 29.2 Å². The highest BCUT2D eigenvalue weighted by Crippen LogP contribution is 2.40. The van der Waals surface area contributed by atoms with Gasteiger partial charge >= 0.3 is 0 Å². The fraction of sp³-hybridized carbons (Fsp3) is 0.435. The lowest BCUT2D eigenvalue weighted by atomic mass is 10.0. The Morgan fingerprint density at radius 2 is 2.13 bits per heavy atom. The number of hydrogen-bond acceptors (Lipinski definition) is 12. The van der Waals surface area contributed by atoms with Crippen LogP contribution in [0.3, 0.4) is 0 Å². The second kappa shape index (κ2) is 11.8. The number of carbonyl (C=O) groups excluding carboxylic acids is 3. The summed E-state index contributed by atoms with van der Waals surface area (Å²) in [5, 5.41) is 18.1. The van der Waals surface area contributed by atoms with Crippen LogP contribution in [-0.2, 0) is 25.8 Å². The van der Waals surface area contributed by atoms with Gasteiger partial charge in [-0.2, -0.15) is 13.9 Å². The van der Waals surface area contributed by atoms with Gasteiger partial charge in [0.05, 0.1) is 11.7 Å². The Morgan fingerprint density at radius 1 is 1.37 bits per heavy atom. The van der Waals surface area contributed by atoms with Crippen LogP contribution in [0, 0.1) is 0 Å². The molecule has 13 nitrogen and oxygen atoms in total. The van der Waals surface area contributed by atoms with E-state index in [1.807, 2.05) is 29.1 Å². The fourth-order valence-corrected chi connectivity index (χ4v) is 6.02. The second-order valence-corrected chi connectivity index (χ2v) is 10.2. The normalized spacial score (nSPS) is 19.1. The van der Waals surface area contributed by atoms with Crippen molar-refractivity contribution >= 4 is 57.6 Å². The van der Waals surface area contributed by atoms with E-state index in [2.05, 4.69) is 38.6 Å². The fourth-order valence-electron chi connectivity index (χ4n) is 4.25. The first-order chi connectivity index (χ1) is 18.3. The zero-order valence-corrected chi connectivity index (χ0v) is 22.8. The molecule has 3 N–H and O–H groups in total. The number of fused-ring (bicyclic) bond motifs is 1. The molecular weight excluding hydrogens is 532 g/mol. The van der Waals surface area contributed by atoms with Gasteiger partial charge in [-0.3, -0.25) is 14.5 Å². The summed E-state index contributed by atoms with van der Waals surface area (Å²) in [4.78, 5) is 50.6. The highest BCUT2D eigenvalue weighted by Gasteiger charge is 2.53. The van der Waals surface area contributed by atoms with E-state index in [1.165, 1.54) is 16.7 Å². The van der Waals surface area contributed by atoms with Gasteiger partial charge in [-0.05, 0) is 26.8 Å². The number of carbonyl (C=O) groups is 3. The molecule has 0 radical (unpaired) electrons. The van der Waals surface area contributed by atoms with Gasteiger partial charge in [-0.1, -0.05) is 5.16 Å². The van der Waals surface area contributed by atoms with Crippen LogP contribution >= 0.6 is 23.3 Å². The van der Waals surface area contributed by atoms with Crippen LogP contribution in [0.2, 0.25) is 0 Å². The largest absolute Gasteiger partial charge is 0.543 e. The molecule has 1 unspecified atom stereocenters. The number of nitrogen functional groups attached to an aromatic ring is 1. The van der Waals surface area contributed by atoms with E-state index in [9.17, 15) is 19.5 Å². The number of carboxylic acid groups (broad SMARTS) is 1. The van der Waals surface area contributed by atoms with Crippen molar-refractivity contribution in [1.82, 2.24) is 19.6 Å². The van der Waals surface area contributed by atoms with Gasteiger partial charge in [0.15, 0.2) is 24.1 Å². The minimum Gasteiger partial charge on any atom is -0.543 e. The van der Waals surface area contributed by atoms with E-state index in [1.54, 1.807) is 6.92 Å². The summed E-state index contributed by atoms with van der Waals surface area (Å²) >= 11 is 2.25. The van der Waals surface area contributed by atoms with Crippen LogP contribution in [-0.4, -0.2) is 74.6 Å². The lowest BCUT2D eigenvalue weighted by Crippen LogP contribution is -2.71. The number of hydrogen-bond donors (Lipinski definition) is 2. The molecule has 0 aromatic carbocycles. The van der Waals surface area contributed by atoms with E-state index in [0.717, 1.165) is 30.3 Å². The van der Waals surface area contributed by atoms with E-state index >= 15 is 0 Å². The van der Waals surface area contributed by atoms with Crippen LogP contribution in [0.15, 0.2) is 41.0 Å². The van der Waals surface area contributed by atoms with Crippen LogP contribution in [0.4, 0.5) is 10.8 Å². The summed E-state index contributed by atoms with van der Waals surface area (Å²) in [7, 11) is 0. The Morgan fingerprint density at radius 3 is 2.76 bits per heavy atom. The number of anilines is 2. The van der Waals surface area contributed by atoms with Gasteiger partial charge in [-0.15, -0.1) is 11.8 Å². The van der Waals surface area contributed by atoms with Gasteiger partial charge in [0.2, 0.25) is 11.5 Å². The number of β-lactam (4-membered cyclic amide) rings is 1. The molecule has 2 amide bonds.